The molecule has 0 radical (unpaired) electrons. The van der Waals surface area contributed by atoms with Crippen LogP contribution in [0, 0.1) is 13.8 Å². The standard InChI is InChI=1S/C18H15ClN2O6S2/c1-9-5-13-14(26-8-25-13)7-11(9)6-12(22)17-15(3-4-28-17)29(23,24)21-18-16(19)10(2)20-27-18/h3-5,7,21H,6,8H2,1-2H3/i8D2. The van der Waals surface area contributed by atoms with E-state index >= 15 is 0 Å². The second-order valence-corrected chi connectivity index (χ2v) is 9.19. The summed E-state index contributed by atoms with van der Waals surface area (Å²) in [6.45, 7) is 1.02. The van der Waals surface area contributed by atoms with Crippen molar-refractivity contribution >= 4 is 44.6 Å². The number of aromatic nitrogens is 1. The van der Waals surface area contributed by atoms with Crippen molar-refractivity contribution in [1.29, 1.82) is 0 Å². The van der Waals surface area contributed by atoms with E-state index in [0.717, 1.165) is 11.3 Å². The highest BCUT2D eigenvalue weighted by molar-refractivity contribution is 7.93. The lowest BCUT2D eigenvalue weighted by molar-refractivity contribution is 0.0994. The summed E-state index contributed by atoms with van der Waals surface area (Å²) < 4.78 is 57.9. The Balaban J connectivity index is 1.60. The maximum absolute atomic E-state index is 13.0. The van der Waals surface area contributed by atoms with Gasteiger partial charge in [-0.05, 0) is 48.6 Å². The summed E-state index contributed by atoms with van der Waals surface area (Å²) in [6.07, 6.45) is -0.114. The van der Waals surface area contributed by atoms with Crippen molar-refractivity contribution in [3.63, 3.8) is 0 Å². The Bertz CT molecular complexity index is 1300. The Kier molecular flexibility index (Phi) is 4.39. The molecular formula is C18H15ClN2O6S2. The first-order valence-corrected chi connectivity index (χ1v) is 11.0. The molecule has 1 aliphatic heterocycles. The van der Waals surface area contributed by atoms with E-state index < -0.39 is 22.6 Å². The molecule has 0 fully saturated rings. The normalized spacial score (nSPS) is 15.7. The maximum Gasteiger partial charge on any atom is 0.265 e. The quantitative estimate of drug-likeness (QED) is 0.559. The van der Waals surface area contributed by atoms with Crippen LogP contribution >= 0.6 is 22.9 Å². The summed E-state index contributed by atoms with van der Waals surface area (Å²) in [5.74, 6) is -0.249. The zero-order valence-corrected chi connectivity index (χ0v) is 17.5. The Morgan fingerprint density at radius 1 is 1.34 bits per heavy atom. The highest BCUT2D eigenvalue weighted by Gasteiger charge is 2.27. The van der Waals surface area contributed by atoms with Crippen molar-refractivity contribution < 1.29 is 30.0 Å². The third-order valence-electron chi connectivity index (χ3n) is 4.25. The average molecular weight is 457 g/mol. The van der Waals surface area contributed by atoms with Crippen LogP contribution in [0.1, 0.15) is 29.2 Å². The molecule has 4 rings (SSSR count). The number of carbonyl (C=O) groups excluding carboxylic acids is 1. The summed E-state index contributed by atoms with van der Waals surface area (Å²) >= 11 is 6.96. The number of halogens is 1. The van der Waals surface area contributed by atoms with Crippen LogP contribution in [0.4, 0.5) is 5.88 Å². The lowest BCUT2D eigenvalue weighted by atomic mass is 10.0. The second kappa shape index (κ2) is 7.36. The fraction of sp³-hybridized carbons (Fsp3) is 0.222. The summed E-state index contributed by atoms with van der Waals surface area (Å²) in [5.41, 5.74) is 1.56. The van der Waals surface area contributed by atoms with Crippen LogP contribution < -0.4 is 14.2 Å². The maximum atomic E-state index is 13.0. The molecule has 0 bridgehead atoms. The van der Waals surface area contributed by atoms with Gasteiger partial charge in [0.05, 0.1) is 4.88 Å². The molecule has 0 saturated heterocycles. The third-order valence-corrected chi connectivity index (χ3v) is 7.15. The van der Waals surface area contributed by atoms with Crippen LogP contribution in [0.25, 0.3) is 0 Å². The number of rotatable bonds is 6. The zero-order chi connectivity index (χ0) is 22.6. The Hall–Kier alpha value is -2.56. The van der Waals surface area contributed by atoms with Gasteiger partial charge in [-0.3, -0.25) is 4.79 Å². The number of carbonyl (C=O) groups is 1. The van der Waals surface area contributed by atoms with Crippen molar-refractivity contribution in [3.05, 3.63) is 50.3 Å². The molecule has 1 aliphatic rings. The number of nitrogens with zero attached hydrogens (tertiary/aromatic N) is 1. The molecular weight excluding hydrogens is 440 g/mol. The van der Waals surface area contributed by atoms with Crippen molar-refractivity contribution in [2.75, 3.05) is 11.5 Å². The zero-order valence-electron chi connectivity index (χ0n) is 17.1. The van der Waals surface area contributed by atoms with Crippen LogP contribution in [0.15, 0.2) is 33.0 Å². The molecule has 8 nitrogen and oxygen atoms in total. The number of benzene rings is 1. The van der Waals surface area contributed by atoms with Gasteiger partial charge in [0, 0.05) is 6.42 Å². The predicted octanol–water partition coefficient (Wildman–Crippen LogP) is 3.96. The molecule has 3 heterocycles. The number of fused-ring (bicyclic) bond motifs is 1. The fourth-order valence-corrected chi connectivity index (χ4v) is 5.29. The number of hydrogen-bond acceptors (Lipinski definition) is 8. The Labute approximate surface area is 178 Å². The minimum Gasteiger partial charge on any atom is -0.454 e. The van der Waals surface area contributed by atoms with Crippen LogP contribution in [-0.2, 0) is 16.4 Å². The van der Waals surface area contributed by atoms with Crippen LogP contribution in [0.2, 0.25) is 5.02 Å². The van der Waals surface area contributed by atoms with E-state index in [1.807, 2.05) is 0 Å². The van der Waals surface area contributed by atoms with E-state index in [4.69, 9.17) is 28.3 Å². The van der Waals surface area contributed by atoms with Crippen LogP contribution in [0.3, 0.4) is 0 Å². The van der Waals surface area contributed by atoms with Gasteiger partial charge in [0.1, 0.15) is 18.4 Å². The Morgan fingerprint density at radius 3 is 2.76 bits per heavy atom. The van der Waals surface area contributed by atoms with Crippen LogP contribution in [-0.4, -0.2) is 26.1 Å². The number of aryl methyl sites for hydroxylation is 2. The number of anilines is 1. The number of hydrogen-bond donors (Lipinski definition) is 1. The van der Waals surface area contributed by atoms with Gasteiger partial charge in [-0.1, -0.05) is 16.8 Å². The molecule has 2 aromatic heterocycles. The van der Waals surface area contributed by atoms with Crippen LogP contribution in [0.5, 0.6) is 11.5 Å². The molecule has 0 saturated carbocycles. The SMILES string of the molecule is [2H]C1([2H])Oc2cc(C)c(CC(=O)c3sccc3S(=O)(=O)Nc3onc(C)c3Cl)cc2O1. The number of ether oxygens (including phenoxy) is 2. The lowest BCUT2D eigenvalue weighted by Crippen LogP contribution is -2.16. The van der Waals surface area contributed by atoms with Crippen molar-refractivity contribution in [3.8, 4) is 11.5 Å². The fourth-order valence-electron chi connectivity index (χ4n) is 2.73. The number of nitrogens with one attached hydrogen (secondary N) is 1. The number of sulfonamides is 1. The Morgan fingerprint density at radius 2 is 2.07 bits per heavy atom. The molecule has 0 aliphatic carbocycles. The van der Waals surface area contributed by atoms with Gasteiger partial charge in [-0.25, -0.2) is 13.1 Å². The average Bonchev–Trinajstić information content (AvgIpc) is 3.35. The monoisotopic (exact) mass is 456 g/mol. The molecule has 0 unspecified atom stereocenters. The highest BCUT2D eigenvalue weighted by Crippen LogP contribution is 2.36. The second-order valence-electron chi connectivity index (χ2n) is 6.24. The van der Waals surface area contributed by atoms with Crippen molar-refractivity contribution in [1.82, 2.24) is 5.16 Å². The summed E-state index contributed by atoms with van der Waals surface area (Å²) in [6, 6.07) is 4.41. The lowest BCUT2D eigenvalue weighted by Gasteiger charge is -2.09. The highest BCUT2D eigenvalue weighted by atomic mass is 35.5. The first-order valence-electron chi connectivity index (χ1n) is 9.24. The summed E-state index contributed by atoms with van der Waals surface area (Å²) in [5, 5.41) is 5.12. The van der Waals surface area contributed by atoms with Gasteiger partial charge in [0.25, 0.3) is 15.9 Å². The molecule has 0 spiro atoms. The van der Waals surface area contributed by atoms with E-state index in [1.165, 1.54) is 17.5 Å². The van der Waals surface area contributed by atoms with Gasteiger partial charge in [0.2, 0.25) is 6.75 Å². The van der Waals surface area contributed by atoms with Gasteiger partial charge >= 0.3 is 0 Å². The van der Waals surface area contributed by atoms with E-state index in [0.29, 0.717) is 16.8 Å². The van der Waals surface area contributed by atoms with E-state index in [2.05, 4.69) is 9.88 Å². The smallest absolute Gasteiger partial charge is 0.265 e. The largest absolute Gasteiger partial charge is 0.454 e. The molecule has 1 aromatic carbocycles. The molecule has 29 heavy (non-hydrogen) atoms. The number of Topliss-reactive ketones (excluding diaryl/α,β-unsaturated/α-hetero) is 1. The van der Waals surface area contributed by atoms with E-state index in [9.17, 15) is 13.2 Å². The summed E-state index contributed by atoms with van der Waals surface area (Å²) in [7, 11) is -4.16. The predicted molar refractivity (Wildman–Crippen MR) is 107 cm³/mol. The summed E-state index contributed by atoms with van der Waals surface area (Å²) in [4.78, 5) is 12.8. The molecule has 11 heteroatoms. The topological polar surface area (TPSA) is 108 Å². The first kappa shape index (κ1) is 17.3. The van der Waals surface area contributed by atoms with E-state index in [-0.39, 0.29) is 38.6 Å². The van der Waals surface area contributed by atoms with Gasteiger partial charge in [-0.15, -0.1) is 11.3 Å². The molecule has 3 aromatic rings. The number of ketones is 1. The molecule has 0 atom stereocenters. The minimum atomic E-state index is -4.16. The molecule has 0 amide bonds. The van der Waals surface area contributed by atoms with Gasteiger partial charge < -0.3 is 14.0 Å². The molecule has 152 valence electrons. The van der Waals surface area contributed by atoms with Gasteiger partial charge in [0.15, 0.2) is 17.3 Å². The molecule has 1 N–H and O–H groups in total. The van der Waals surface area contributed by atoms with Gasteiger partial charge in [-0.2, -0.15) is 0 Å². The van der Waals surface area contributed by atoms with Crippen molar-refractivity contribution in [2.24, 2.45) is 0 Å². The first-order chi connectivity index (χ1) is 14.5. The van der Waals surface area contributed by atoms with Crippen molar-refractivity contribution in [2.45, 2.75) is 25.2 Å². The third kappa shape index (κ3) is 3.70. The number of thiophene rings is 1. The van der Waals surface area contributed by atoms with E-state index in [1.54, 1.807) is 19.9 Å². The minimum absolute atomic E-state index is 0.0301.